The van der Waals surface area contributed by atoms with Gasteiger partial charge in [-0.3, -0.25) is 14.4 Å². The van der Waals surface area contributed by atoms with Crippen LogP contribution in [-0.2, 0) is 14.4 Å². The third-order valence-corrected chi connectivity index (χ3v) is 2.31. The van der Waals surface area contributed by atoms with E-state index in [4.69, 9.17) is 5.11 Å². The van der Waals surface area contributed by atoms with E-state index in [0.29, 0.717) is 0 Å². The summed E-state index contributed by atoms with van der Waals surface area (Å²) in [6, 6.07) is 0. The smallest absolute Gasteiger partial charge is 0.303 e. The average Bonchev–Trinajstić information content (AvgIpc) is 2.31. The van der Waals surface area contributed by atoms with Crippen LogP contribution in [0.2, 0.25) is 0 Å². The topological polar surface area (TPSA) is 71.4 Å². The number of carbonyl (C=O) groups excluding carboxylic acids is 2. The van der Waals surface area contributed by atoms with Crippen molar-refractivity contribution in [1.82, 2.24) is 0 Å². The van der Waals surface area contributed by atoms with E-state index in [1.807, 2.05) is 0 Å². The molecule has 0 aromatic carbocycles. The van der Waals surface area contributed by atoms with E-state index in [9.17, 15) is 14.4 Å². The number of carboxylic acids is 1. The lowest BCUT2D eigenvalue weighted by atomic mass is 9.81. The molecule has 0 bridgehead atoms. The summed E-state index contributed by atoms with van der Waals surface area (Å²) in [5.41, 5.74) is -1.13. The van der Waals surface area contributed by atoms with Gasteiger partial charge in [-0.2, -0.15) is 0 Å². The van der Waals surface area contributed by atoms with E-state index in [-0.39, 0.29) is 24.4 Å². The second-order valence-electron chi connectivity index (χ2n) is 3.29. The van der Waals surface area contributed by atoms with Gasteiger partial charge in [0, 0.05) is 6.42 Å². The lowest BCUT2D eigenvalue weighted by Crippen LogP contribution is -2.30. The molecule has 0 aromatic rings. The van der Waals surface area contributed by atoms with Crippen LogP contribution in [0.5, 0.6) is 0 Å². The Labute approximate surface area is 75.2 Å². The average molecular weight is 182 g/mol. The molecule has 4 heteroatoms. The highest BCUT2D eigenvalue weighted by atomic mass is 16.4. The highest BCUT2D eigenvalue weighted by Gasteiger charge is 2.41. The largest absolute Gasteiger partial charge is 0.481 e. The summed E-state index contributed by atoms with van der Waals surface area (Å²) in [6.07, 6.45) is 2.34. The molecule has 1 N–H and O–H groups in total. The minimum absolute atomic E-state index is 0.0764. The number of carbonyl (C=O) groups is 3. The molecule has 0 saturated heterocycles. The molecule has 0 amide bonds. The van der Waals surface area contributed by atoms with Crippen LogP contribution in [0.1, 0.15) is 19.8 Å². The van der Waals surface area contributed by atoms with Crippen molar-refractivity contribution in [2.45, 2.75) is 19.8 Å². The Hall–Kier alpha value is -1.45. The van der Waals surface area contributed by atoms with Crippen molar-refractivity contribution in [3.8, 4) is 0 Å². The molecule has 0 radical (unpaired) electrons. The standard InChI is InChI=1S/C9H10O4/c1-9(5-4-8(12)13)6(10)2-3-7(9)11/h2-3H,4-5H2,1H3,(H,12,13). The number of aliphatic carboxylic acids is 1. The zero-order chi connectivity index (χ0) is 10.1. The van der Waals surface area contributed by atoms with Gasteiger partial charge < -0.3 is 5.11 Å². The van der Waals surface area contributed by atoms with Gasteiger partial charge in [-0.1, -0.05) is 0 Å². The van der Waals surface area contributed by atoms with Crippen molar-refractivity contribution in [2.24, 2.45) is 5.41 Å². The zero-order valence-corrected chi connectivity index (χ0v) is 7.24. The summed E-state index contributed by atoms with van der Waals surface area (Å²) >= 11 is 0. The quantitative estimate of drug-likeness (QED) is 0.647. The highest BCUT2D eigenvalue weighted by molar-refractivity contribution is 6.22. The fourth-order valence-corrected chi connectivity index (χ4v) is 1.24. The van der Waals surface area contributed by atoms with Crippen LogP contribution in [0, 0.1) is 5.41 Å². The number of carboxylic acid groups (broad SMARTS) is 1. The van der Waals surface area contributed by atoms with Crippen LogP contribution in [0.25, 0.3) is 0 Å². The predicted octanol–water partition coefficient (Wildman–Crippen LogP) is 0.565. The van der Waals surface area contributed by atoms with E-state index in [2.05, 4.69) is 0 Å². The maximum Gasteiger partial charge on any atom is 0.303 e. The van der Waals surface area contributed by atoms with Gasteiger partial charge in [0.25, 0.3) is 0 Å². The normalized spacial score (nSPS) is 19.5. The van der Waals surface area contributed by atoms with Crippen molar-refractivity contribution >= 4 is 17.5 Å². The van der Waals surface area contributed by atoms with Crippen molar-refractivity contribution in [2.75, 3.05) is 0 Å². The molecule has 70 valence electrons. The van der Waals surface area contributed by atoms with Gasteiger partial charge in [0.15, 0.2) is 11.6 Å². The van der Waals surface area contributed by atoms with E-state index in [0.717, 1.165) is 0 Å². The maximum absolute atomic E-state index is 11.2. The molecule has 0 unspecified atom stereocenters. The van der Waals surface area contributed by atoms with Crippen molar-refractivity contribution in [3.05, 3.63) is 12.2 Å². The molecule has 1 aliphatic rings. The molecule has 1 aliphatic carbocycles. The number of hydrogen-bond donors (Lipinski definition) is 1. The van der Waals surface area contributed by atoms with Crippen LogP contribution in [0.3, 0.4) is 0 Å². The summed E-state index contributed by atoms with van der Waals surface area (Å²) in [6.45, 7) is 1.49. The second kappa shape index (κ2) is 3.12. The maximum atomic E-state index is 11.2. The SMILES string of the molecule is CC1(CCC(=O)O)C(=O)C=CC1=O. The summed E-state index contributed by atoms with van der Waals surface area (Å²) in [7, 11) is 0. The van der Waals surface area contributed by atoms with E-state index in [1.165, 1.54) is 19.1 Å². The third-order valence-electron chi connectivity index (χ3n) is 2.31. The van der Waals surface area contributed by atoms with Gasteiger partial charge in [0.2, 0.25) is 0 Å². The number of ketones is 2. The summed E-state index contributed by atoms with van der Waals surface area (Å²) in [5.74, 6) is -1.58. The first kappa shape index (κ1) is 9.64. The Morgan fingerprint density at radius 1 is 1.38 bits per heavy atom. The van der Waals surface area contributed by atoms with Crippen LogP contribution >= 0.6 is 0 Å². The third kappa shape index (κ3) is 1.66. The molecule has 0 saturated carbocycles. The Morgan fingerprint density at radius 3 is 2.23 bits per heavy atom. The van der Waals surface area contributed by atoms with Crippen LogP contribution in [0.4, 0.5) is 0 Å². The Balaban J connectivity index is 2.71. The molecule has 1 rings (SSSR count). The highest BCUT2D eigenvalue weighted by Crippen LogP contribution is 2.31. The fraction of sp³-hybridized carbons (Fsp3) is 0.444. The molecule has 0 fully saturated rings. The summed E-state index contributed by atoms with van der Waals surface area (Å²) < 4.78 is 0. The van der Waals surface area contributed by atoms with Crippen molar-refractivity contribution in [3.63, 3.8) is 0 Å². The lowest BCUT2D eigenvalue weighted by molar-refractivity contribution is -0.139. The van der Waals surface area contributed by atoms with Gasteiger partial charge in [0.1, 0.15) is 0 Å². The molecule has 0 spiro atoms. The molecule has 0 atom stereocenters. The summed E-state index contributed by atoms with van der Waals surface area (Å²) in [5, 5.41) is 8.42. The minimum Gasteiger partial charge on any atom is -0.481 e. The first-order valence-electron chi connectivity index (χ1n) is 3.95. The molecule has 0 heterocycles. The first-order valence-corrected chi connectivity index (χ1v) is 3.95. The van der Waals surface area contributed by atoms with Crippen LogP contribution in [-0.4, -0.2) is 22.6 Å². The summed E-state index contributed by atoms with van der Waals surface area (Å²) in [4.78, 5) is 32.7. The lowest BCUT2D eigenvalue weighted by Gasteiger charge is -2.18. The van der Waals surface area contributed by atoms with Gasteiger partial charge in [0.05, 0.1) is 5.41 Å². The first-order chi connectivity index (χ1) is 5.97. The van der Waals surface area contributed by atoms with Crippen LogP contribution in [0.15, 0.2) is 12.2 Å². The fourth-order valence-electron chi connectivity index (χ4n) is 1.24. The van der Waals surface area contributed by atoms with Crippen molar-refractivity contribution < 1.29 is 19.5 Å². The number of allylic oxidation sites excluding steroid dienone is 2. The van der Waals surface area contributed by atoms with Gasteiger partial charge in [-0.05, 0) is 25.5 Å². The number of hydrogen-bond acceptors (Lipinski definition) is 3. The van der Waals surface area contributed by atoms with E-state index < -0.39 is 11.4 Å². The zero-order valence-electron chi connectivity index (χ0n) is 7.24. The molecule has 0 aromatic heterocycles. The van der Waals surface area contributed by atoms with Gasteiger partial charge >= 0.3 is 5.97 Å². The van der Waals surface area contributed by atoms with Crippen LogP contribution < -0.4 is 0 Å². The Morgan fingerprint density at radius 2 is 1.85 bits per heavy atom. The monoisotopic (exact) mass is 182 g/mol. The Kier molecular flexibility index (Phi) is 2.32. The molecule has 13 heavy (non-hydrogen) atoms. The predicted molar refractivity (Wildman–Crippen MR) is 44.1 cm³/mol. The molecular weight excluding hydrogens is 172 g/mol. The van der Waals surface area contributed by atoms with Gasteiger partial charge in [-0.15, -0.1) is 0 Å². The molecule has 4 nitrogen and oxygen atoms in total. The van der Waals surface area contributed by atoms with E-state index >= 15 is 0 Å². The second-order valence-corrected chi connectivity index (χ2v) is 3.29. The number of rotatable bonds is 3. The Bertz CT molecular complexity index is 283. The molecule has 0 aliphatic heterocycles. The molecular formula is C9H10O4. The van der Waals surface area contributed by atoms with Gasteiger partial charge in [-0.25, -0.2) is 0 Å². The van der Waals surface area contributed by atoms with E-state index in [1.54, 1.807) is 0 Å². The van der Waals surface area contributed by atoms with Crippen molar-refractivity contribution in [1.29, 1.82) is 0 Å². The minimum atomic E-state index is -1.13.